The maximum atomic E-state index is 13.0. The fourth-order valence-electron chi connectivity index (χ4n) is 3.85. The number of amides is 1. The molecule has 3 N–H and O–H groups in total. The molecule has 182 valence electrons. The Morgan fingerprint density at radius 2 is 1.79 bits per heavy atom. The van der Waals surface area contributed by atoms with E-state index < -0.39 is 41.6 Å². The van der Waals surface area contributed by atoms with Gasteiger partial charge in [0.15, 0.2) is 0 Å². The molecule has 0 saturated carbocycles. The molecular formula is C21H20F6N6O. The molecule has 1 atom stereocenters. The number of carbonyl (C=O) groups is 1. The van der Waals surface area contributed by atoms with Crippen LogP contribution >= 0.6 is 0 Å². The van der Waals surface area contributed by atoms with Gasteiger partial charge in [0.2, 0.25) is 5.91 Å². The third kappa shape index (κ3) is 5.34. The summed E-state index contributed by atoms with van der Waals surface area (Å²) in [6.45, 7) is 0.298. The van der Waals surface area contributed by atoms with E-state index in [0.717, 1.165) is 11.8 Å². The summed E-state index contributed by atoms with van der Waals surface area (Å²) >= 11 is 0. The molecule has 0 aliphatic carbocycles. The van der Waals surface area contributed by atoms with Crippen LogP contribution in [-0.4, -0.2) is 51.4 Å². The molecule has 3 heterocycles. The molecule has 3 aromatic rings. The Hall–Kier alpha value is -3.51. The third-order valence-electron chi connectivity index (χ3n) is 5.50. The molecule has 0 bridgehead atoms. The van der Waals surface area contributed by atoms with Crippen LogP contribution in [-0.2, 0) is 17.1 Å². The van der Waals surface area contributed by atoms with Gasteiger partial charge in [-0.3, -0.25) is 4.79 Å². The number of rotatable bonds is 5. The predicted octanol–water partition coefficient (Wildman–Crippen LogP) is 4.51. The first-order valence-corrected chi connectivity index (χ1v) is 10.4. The van der Waals surface area contributed by atoms with Gasteiger partial charge in [0.05, 0.1) is 23.1 Å². The Labute approximate surface area is 189 Å². The van der Waals surface area contributed by atoms with Crippen LogP contribution in [0.2, 0.25) is 0 Å². The highest BCUT2D eigenvalue weighted by Gasteiger charge is 2.37. The normalized spacial score (nSPS) is 17.1. The predicted molar refractivity (Wildman–Crippen MR) is 112 cm³/mol. The topological polar surface area (TPSA) is 85.9 Å². The minimum atomic E-state index is -4.96. The first-order chi connectivity index (χ1) is 16.0. The minimum absolute atomic E-state index is 0.0441. The van der Waals surface area contributed by atoms with Gasteiger partial charge >= 0.3 is 12.4 Å². The van der Waals surface area contributed by atoms with Gasteiger partial charge in [-0.05, 0) is 37.1 Å². The zero-order chi connectivity index (χ0) is 24.5. The molecule has 1 amide bonds. The van der Waals surface area contributed by atoms with Crippen LogP contribution in [0.3, 0.4) is 0 Å². The van der Waals surface area contributed by atoms with Crippen molar-refractivity contribution in [3.8, 4) is 0 Å². The maximum Gasteiger partial charge on any atom is 0.416 e. The highest BCUT2D eigenvalue weighted by atomic mass is 19.4. The average Bonchev–Trinajstić information content (AvgIpc) is 3.26. The fourth-order valence-corrected chi connectivity index (χ4v) is 3.85. The SMILES string of the molecule is O=C(CNc1cc(C(F)(F)F)cc(C(F)(F)F)c1)N1CCC[C@H](Nc2ncnc3[nH]ccc23)C1. The lowest BCUT2D eigenvalue weighted by molar-refractivity contribution is -0.143. The summed E-state index contributed by atoms with van der Waals surface area (Å²) in [6.07, 6.45) is -5.35. The Balaban J connectivity index is 1.41. The standard InChI is InChI=1S/C21H20F6N6O/c22-20(23,24)12-6-13(21(25,26)27)8-15(7-12)29-9-17(34)33-5-1-2-14(10-33)32-19-16-3-4-28-18(16)30-11-31-19/h3-4,6-8,11,14,29H,1-2,5,9-10H2,(H2,28,30,31,32)/t14-/m0/s1. The lowest BCUT2D eigenvalue weighted by Crippen LogP contribution is -2.47. The van der Waals surface area contributed by atoms with Crippen molar-refractivity contribution in [1.82, 2.24) is 19.9 Å². The molecule has 34 heavy (non-hydrogen) atoms. The lowest BCUT2D eigenvalue weighted by Gasteiger charge is -2.33. The highest BCUT2D eigenvalue weighted by molar-refractivity contribution is 5.87. The van der Waals surface area contributed by atoms with E-state index in [2.05, 4.69) is 25.6 Å². The van der Waals surface area contributed by atoms with Crippen molar-refractivity contribution in [1.29, 1.82) is 0 Å². The van der Waals surface area contributed by atoms with E-state index in [1.807, 2.05) is 6.07 Å². The molecule has 0 unspecified atom stereocenters. The first-order valence-electron chi connectivity index (χ1n) is 10.4. The monoisotopic (exact) mass is 486 g/mol. The van der Waals surface area contributed by atoms with E-state index in [4.69, 9.17) is 0 Å². The number of halogens is 6. The molecule has 0 spiro atoms. The number of alkyl halides is 6. The van der Waals surface area contributed by atoms with Crippen molar-refractivity contribution in [3.63, 3.8) is 0 Å². The first kappa shape index (κ1) is 23.6. The van der Waals surface area contributed by atoms with Gasteiger partial charge in [0, 0.05) is 31.0 Å². The summed E-state index contributed by atoms with van der Waals surface area (Å²) in [5.41, 5.74) is -2.66. The largest absolute Gasteiger partial charge is 0.416 e. The molecule has 1 aliphatic rings. The van der Waals surface area contributed by atoms with Crippen LogP contribution in [0.1, 0.15) is 24.0 Å². The third-order valence-corrected chi connectivity index (χ3v) is 5.50. The van der Waals surface area contributed by atoms with Crippen LogP contribution in [0.15, 0.2) is 36.8 Å². The van der Waals surface area contributed by atoms with E-state index in [1.54, 1.807) is 6.20 Å². The second-order valence-corrected chi connectivity index (χ2v) is 7.93. The quantitative estimate of drug-likeness (QED) is 0.462. The van der Waals surface area contributed by atoms with Crippen molar-refractivity contribution in [2.45, 2.75) is 31.2 Å². The van der Waals surface area contributed by atoms with E-state index in [-0.39, 0.29) is 12.1 Å². The molecule has 2 aromatic heterocycles. The van der Waals surface area contributed by atoms with Crippen molar-refractivity contribution in [3.05, 3.63) is 47.9 Å². The van der Waals surface area contributed by atoms with Crippen molar-refractivity contribution in [2.24, 2.45) is 0 Å². The smallest absolute Gasteiger partial charge is 0.376 e. The highest BCUT2D eigenvalue weighted by Crippen LogP contribution is 2.37. The fraction of sp³-hybridized carbons (Fsp3) is 0.381. The number of likely N-dealkylation sites (tertiary alicyclic amines) is 1. The molecule has 1 aromatic carbocycles. The zero-order valence-electron chi connectivity index (χ0n) is 17.6. The molecular weight excluding hydrogens is 466 g/mol. The van der Waals surface area contributed by atoms with Gasteiger partial charge in [-0.2, -0.15) is 26.3 Å². The van der Waals surface area contributed by atoms with Crippen LogP contribution in [0.4, 0.5) is 37.8 Å². The summed E-state index contributed by atoms with van der Waals surface area (Å²) in [4.78, 5) is 25.5. The van der Waals surface area contributed by atoms with Crippen molar-refractivity contribution < 1.29 is 31.1 Å². The molecule has 13 heteroatoms. The lowest BCUT2D eigenvalue weighted by atomic mass is 10.1. The van der Waals surface area contributed by atoms with Gasteiger partial charge in [-0.15, -0.1) is 0 Å². The maximum absolute atomic E-state index is 13.0. The summed E-state index contributed by atoms with van der Waals surface area (Å²) in [5, 5.41) is 6.49. The van der Waals surface area contributed by atoms with E-state index in [9.17, 15) is 31.1 Å². The number of nitrogens with zero attached hydrogens (tertiary/aromatic N) is 3. The van der Waals surface area contributed by atoms with Gasteiger partial charge in [0.1, 0.15) is 17.8 Å². The number of fused-ring (bicyclic) bond motifs is 1. The number of carbonyl (C=O) groups excluding carboxylic acids is 1. The zero-order valence-corrected chi connectivity index (χ0v) is 17.6. The molecule has 1 aliphatic heterocycles. The van der Waals surface area contributed by atoms with E-state index in [0.29, 0.717) is 43.1 Å². The Morgan fingerprint density at radius 3 is 2.47 bits per heavy atom. The summed E-state index contributed by atoms with van der Waals surface area (Å²) in [7, 11) is 0. The molecule has 1 fully saturated rings. The average molecular weight is 486 g/mol. The number of aromatic amines is 1. The van der Waals surface area contributed by atoms with Crippen molar-refractivity contribution in [2.75, 3.05) is 30.3 Å². The minimum Gasteiger partial charge on any atom is -0.376 e. The van der Waals surface area contributed by atoms with Crippen LogP contribution in [0, 0.1) is 0 Å². The Bertz CT molecular complexity index is 1140. The Morgan fingerprint density at radius 1 is 1.09 bits per heavy atom. The van der Waals surface area contributed by atoms with Crippen LogP contribution in [0.5, 0.6) is 0 Å². The number of hydrogen-bond acceptors (Lipinski definition) is 5. The Kier molecular flexibility index (Phi) is 6.28. The van der Waals surface area contributed by atoms with Crippen molar-refractivity contribution >= 4 is 28.4 Å². The second kappa shape index (κ2) is 9.03. The number of piperidine rings is 1. The molecule has 4 rings (SSSR count). The van der Waals surface area contributed by atoms with Gasteiger partial charge in [0.25, 0.3) is 0 Å². The molecule has 7 nitrogen and oxygen atoms in total. The van der Waals surface area contributed by atoms with Gasteiger partial charge < -0.3 is 20.5 Å². The van der Waals surface area contributed by atoms with Crippen LogP contribution in [0.25, 0.3) is 11.0 Å². The number of nitrogens with one attached hydrogen (secondary N) is 3. The molecule has 0 radical (unpaired) electrons. The van der Waals surface area contributed by atoms with Gasteiger partial charge in [-0.1, -0.05) is 0 Å². The summed E-state index contributed by atoms with van der Waals surface area (Å²) in [5.74, 6) is 0.166. The van der Waals surface area contributed by atoms with E-state index in [1.165, 1.54) is 11.2 Å². The van der Waals surface area contributed by atoms with Gasteiger partial charge in [-0.25, -0.2) is 9.97 Å². The van der Waals surface area contributed by atoms with Crippen LogP contribution < -0.4 is 10.6 Å². The summed E-state index contributed by atoms with van der Waals surface area (Å²) < 4.78 is 78.2. The number of aromatic nitrogens is 3. The molecule has 1 saturated heterocycles. The number of H-pyrrole nitrogens is 1. The number of anilines is 2. The van der Waals surface area contributed by atoms with E-state index >= 15 is 0 Å². The second-order valence-electron chi connectivity index (χ2n) is 7.93. The summed E-state index contributed by atoms with van der Waals surface area (Å²) in [6, 6.07) is 2.84. The number of benzene rings is 1. The number of hydrogen-bond donors (Lipinski definition) is 3.